The highest BCUT2D eigenvalue weighted by Crippen LogP contribution is 2.25. The molecule has 0 atom stereocenters. The van der Waals surface area contributed by atoms with Gasteiger partial charge in [-0.3, -0.25) is 4.79 Å². The summed E-state index contributed by atoms with van der Waals surface area (Å²) in [4.78, 5) is 11.8. The molecule has 0 unspecified atom stereocenters. The Labute approximate surface area is 126 Å². The van der Waals surface area contributed by atoms with Gasteiger partial charge in [-0.05, 0) is 42.0 Å². The summed E-state index contributed by atoms with van der Waals surface area (Å²) in [6.07, 6.45) is 1.42. The van der Waals surface area contributed by atoms with Crippen LogP contribution in [0.1, 0.15) is 15.9 Å². The zero-order valence-corrected chi connectivity index (χ0v) is 12.0. The molecule has 0 radical (unpaired) electrons. The van der Waals surface area contributed by atoms with Crippen molar-refractivity contribution in [1.29, 1.82) is 0 Å². The molecule has 2 rings (SSSR count). The minimum Gasteiger partial charge on any atom is -0.504 e. The number of ether oxygens (including phenoxy) is 1. The molecule has 2 N–H and O–H groups in total. The third kappa shape index (κ3) is 3.97. The molecule has 0 saturated carbocycles. The topological polar surface area (TPSA) is 70.9 Å². The number of carbonyl (C=O) groups is 1. The Bertz CT molecular complexity index is 686. The number of hydrazone groups is 1. The predicted octanol–water partition coefficient (Wildman–Crippen LogP) is 2.82. The molecule has 2 aromatic rings. The van der Waals surface area contributed by atoms with Gasteiger partial charge in [-0.1, -0.05) is 17.7 Å². The summed E-state index contributed by atoms with van der Waals surface area (Å²) < 4.78 is 4.93. The van der Waals surface area contributed by atoms with Gasteiger partial charge in [0.25, 0.3) is 5.91 Å². The van der Waals surface area contributed by atoms with Gasteiger partial charge in [0, 0.05) is 10.6 Å². The summed E-state index contributed by atoms with van der Waals surface area (Å²) in [5.41, 5.74) is 3.42. The lowest BCUT2D eigenvalue weighted by molar-refractivity contribution is 0.0955. The summed E-state index contributed by atoms with van der Waals surface area (Å²) in [7, 11) is 1.47. The van der Waals surface area contributed by atoms with E-state index >= 15 is 0 Å². The van der Waals surface area contributed by atoms with Crippen LogP contribution in [-0.2, 0) is 0 Å². The summed E-state index contributed by atoms with van der Waals surface area (Å²) >= 11 is 5.81. The number of hydrogen-bond donors (Lipinski definition) is 2. The number of phenolic OH excluding ortho intramolecular Hbond substituents is 1. The van der Waals surface area contributed by atoms with E-state index in [-0.39, 0.29) is 11.7 Å². The van der Waals surface area contributed by atoms with Gasteiger partial charge in [0.05, 0.1) is 13.3 Å². The monoisotopic (exact) mass is 304 g/mol. The number of halogens is 1. The number of nitrogens with one attached hydrogen (secondary N) is 1. The molecule has 0 bridgehead atoms. The fourth-order valence-corrected chi connectivity index (χ4v) is 1.84. The van der Waals surface area contributed by atoms with Crippen molar-refractivity contribution < 1.29 is 14.6 Å². The molecular formula is C15H13ClN2O3. The van der Waals surface area contributed by atoms with Crippen molar-refractivity contribution in [3.63, 3.8) is 0 Å². The number of rotatable bonds is 4. The Hall–Kier alpha value is -2.53. The summed E-state index contributed by atoms with van der Waals surface area (Å²) in [5.74, 6) is 0.00390. The molecule has 0 saturated heterocycles. The van der Waals surface area contributed by atoms with Crippen LogP contribution in [0.15, 0.2) is 47.6 Å². The molecule has 6 heteroatoms. The Morgan fingerprint density at radius 2 is 2.14 bits per heavy atom. The molecule has 5 nitrogen and oxygen atoms in total. The number of hydrogen-bond acceptors (Lipinski definition) is 4. The van der Waals surface area contributed by atoms with Crippen molar-refractivity contribution in [3.8, 4) is 11.5 Å². The maximum atomic E-state index is 11.8. The van der Waals surface area contributed by atoms with Crippen molar-refractivity contribution >= 4 is 23.7 Å². The number of amides is 1. The molecule has 0 spiro atoms. The van der Waals surface area contributed by atoms with Crippen molar-refractivity contribution in [3.05, 3.63) is 58.6 Å². The zero-order chi connectivity index (χ0) is 15.2. The van der Waals surface area contributed by atoms with Crippen LogP contribution in [0.25, 0.3) is 0 Å². The lowest BCUT2D eigenvalue weighted by Gasteiger charge is -2.03. The second-order valence-electron chi connectivity index (χ2n) is 4.14. The Balaban J connectivity index is 2.02. The lowest BCUT2D eigenvalue weighted by Crippen LogP contribution is -2.17. The van der Waals surface area contributed by atoms with Crippen LogP contribution in [0.3, 0.4) is 0 Å². The molecule has 0 aliphatic rings. The SMILES string of the molecule is COc1ccc(C=NNC(=O)c2cccc(Cl)c2)cc1O. The van der Waals surface area contributed by atoms with E-state index in [9.17, 15) is 9.90 Å². The second kappa shape index (κ2) is 6.76. The fraction of sp³-hybridized carbons (Fsp3) is 0.0667. The molecule has 2 aromatic carbocycles. The van der Waals surface area contributed by atoms with Crippen LogP contribution in [-0.4, -0.2) is 24.3 Å². The Morgan fingerprint density at radius 3 is 2.81 bits per heavy atom. The van der Waals surface area contributed by atoms with E-state index in [0.29, 0.717) is 21.9 Å². The number of benzene rings is 2. The van der Waals surface area contributed by atoms with E-state index in [1.165, 1.54) is 19.4 Å². The van der Waals surface area contributed by atoms with Crippen LogP contribution < -0.4 is 10.2 Å². The highest BCUT2D eigenvalue weighted by atomic mass is 35.5. The van der Waals surface area contributed by atoms with Gasteiger partial charge in [0.1, 0.15) is 0 Å². The van der Waals surface area contributed by atoms with E-state index in [1.54, 1.807) is 36.4 Å². The third-order valence-electron chi connectivity index (χ3n) is 2.67. The zero-order valence-electron chi connectivity index (χ0n) is 11.2. The van der Waals surface area contributed by atoms with Crippen molar-refractivity contribution in [2.45, 2.75) is 0 Å². The Kier molecular flexibility index (Phi) is 4.79. The maximum Gasteiger partial charge on any atom is 0.271 e. The summed E-state index contributed by atoms with van der Waals surface area (Å²) in [5, 5.41) is 13.9. The van der Waals surface area contributed by atoms with Gasteiger partial charge < -0.3 is 9.84 Å². The smallest absolute Gasteiger partial charge is 0.271 e. The molecule has 0 aliphatic carbocycles. The van der Waals surface area contributed by atoms with Gasteiger partial charge in [-0.25, -0.2) is 5.43 Å². The first kappa shape index (κ1) is 14.9. The lowest BCUT2D eigenvalue weighted by atomic mass is 10.2. The summed E-state index contributed by atoms with van der Waals surface area (Å²) in [6.45, 7) is 0. The molecule has 0 aromatic heterocycles. The van der Waals surface area contributed by atoms with Crippen LogP contribution >= 0.6 is 11.6 Å². The number of nitrogens with zero attached hydrogens (tertiary/aromatic N) is 1. The molecule has 0 fully saturated rings. The van der Waals surface area contributed by atoms with Crippen LogP contribution in [0.4, 0.5) is 0 Å². The normalized spacial score (nSPS) is 10.6. The molecule has 0 heterocycles. The third-order valence-corrected chi connectivity index (χ3v) is 2.90. The van der Waals surface area contributed by atoms with E-state index in [0.717, 1.165) is 0 Å². The van der Waals surface area contributed by atoms with Crippen LogP contribution in [0.2, 0.25) is 5.02 Å². The largest absolute Gasteiger partial charge is 0.504 e. The minimum atomic E-state index is -0.369. The van der Waals surface area contributed by atoms with Gasteiger partial charge in [0.2, 0.25) is 0 Å². The Morgan fingerprint density at radius 1 is 1.33 bits per heavy atom. The first-order valence-corrected chi connectivity index (χ1v) is 6.44. The van der Waals surface area contributed by atoms with Crippen LogP contribution in [0, 0.1) is 0 Å². The number of methoxy groups -OCH3 is 1. The average Bonchev–Trinajstić information content (AvgIpc) is 2.47. The van der Waals surface area contributed by atoms with Gasteiger partial charge in [-0.2, -0.15) is 5.10 Å². The van der Waals surface area contributed by atoms with Crippen molar-refractivity contribution in [1.82, 2.24) is 5.43 Å². The quantitative estimate of drug-likeness (QED) is 0.674. The van der Waals surface area contributed by atoms with E-state index in [4.69, 9.17) is 16.3 Å². The first-order valence-electron chi connectivity index (χ1n) is 6.06. The first-order chi connectivity index (χ1) is 10.1. The minimum absolute atomic E-state index is 0.00242. The molecule has 108 valence electrons. The van der Waals surface area contributed by atoms with E-state index < -0.39 is 0 Å². The molecule has 0 aliphatic heterocycles. The van der Waals surface area contributed by atoms with E-state index in [2.05, 4.69) is 10.5 Å². The molecule has 1 amide bonds. The summed E-state index contributed by atoms with van der Waals surface area (Å²) in [6, 6.07) is 11.3. The van der Waals surface area contributed by atoms with E-state index in [1.807, 2.05) is 0 Å². The number of aromatic hydroxyl groups is 1. The number of phenols is 1. The van der Waals surface area contributed by atoms with Gasteiger partial charge in [-0.15, -0.1) is 0 Å². The fourth-order valence-electron chi connectivity index (χ4n) is 1.65. The maximum absolute atomic E-state index is 11.8. The second-order valence-corrected chi connectivity index (χ2v) is 4.58. The predicted molar refractivity (Wildman–Crippen MR) is 81.2 cm³/mol. The molecular weight excluding hydrogens is 292 g/mol. The van der Waals surface area contributed by atoms with Crippen molar-refractivity contribution in [2.24, 2.45) is 5.10 Å². The standard InChI is InChI=1S/C15H13ClN2O3/c1-21-14-6-5-10(7-13(14)19)9-17-18-15(20)11-3-2-4-12(16)8-11/h2-9,19H,1H3,(H,18,20). The van der Waals surface area contributed by atoms with Gasteiger partial charge in [0.15, 0.2) is 11.5 Å². The van der Waals surface area contributed by atoms with Crippen LogP contribution in [0.5, 0.6) is 11.5 Å². The highest BCUT2D eigenvalue weighted by Gasteiger charge is 2.04. The molecule has 21 heavy (non-hydrogen) atoms. The highest BCUT2D eigenvalue weighted by molar-refractivity contribution is 6.30. The number of carbonyl (C=O) groups excluding carboxylic acids is 1. The average molecular weight is 305 g/mol. The van der Waals surface area contributed by atoms with Crippen molar-refractivity contribution in [2.75, 3.05) is 7.11 Å². The van der Waals surface area contributed by atoms with Gasteiger partial charge >= 0.3 is 0 Å².